The van der Waals surface area contributed by atoms with E-state index in [9.17, 15) is 17.6 Å². The molecule has 2 aromatic carbocycles. The molecule has 0 heterocycles. The van der Waals surface area contributed by atoms with Gasteiger partial charge in [-0.15, -0.1) is 0 Å². The SMILES string of the molecule is CC(C)N(C)S(=O)(=O)c1ccc(Cl)c(C(=O)N(C)Cc2ccccc2F)c1. The van der Waals surface area contributed by atoms with Crippen LogP contribution in [0.25, 0.3) is 0 Å². The van der Waals surface area contributed by atoms with E-state index < -0.39 is 21.7 Å². The van der Waals surface area contributed by atoms with Gasteiger partial charge in [-0.05, 0) is 38.1 Å². The van der Waals surface area contributed by atoms with Crippen LogP contribution >= 0.6 is 11.6 Å². The fraction of sp³-hybridized carbons (Fsp3) is 0.316. The molecule has 0 aliphatic rings. The third-order valence-corrected chi connectivity index (χ3v) is 6.64. The van der Waals surface area contributed by atoms with Crippen LogP contribution in [0.1, 0.15) is 29.8 Å². The van der Waals surface area contributed by atoms with Crippen LogP contribution in [-0.2, 0) is 16.6 Å². The maximum atomic E-state index is 13.8. The van der Waals surface area contributed by atoms with Crippen LogP contribution in [0.15, 0.2) is 47.4 Å². The molecular weight excluding hydrogens is 391 g/mol. The van der Waals surface area contributed by atoms with Gasteiger partial charge in [0.25, 0.3) is 5.91 Å². The second-order valence-corrected chi connectivity index (χ2v) is 8.91. The molecule has 0 aromatic heterocycles. The van der Waals surface area contributed by atoms with E-state index in [0.717, 1.165) is 0 Å². The molecular formula is C19H22ClFN2O3S. The Kier molecular flexibility index (Phi) is 6.62. The van der Waals surface area contributed by atoms with Crippen LogP contribution in [0.3, 0.4) is 0 Å². The summed E-state index contributed by atoms with van der Waals surface area (Å²) in [5, 5.41) is 0.131. The zero-order valence-electron chi connectivity index (χ0n) is 15.6. The minimum Gasteiger partial charge on any atom is -0.337 e. The standard InChI is InChI=1S/C19H22ClFN2O3S/c1-13(2)23(4)27(25,26)15-9-10-17(20)16(11-15)19(24)22(3)12-14-7-5-6-8-18(14)21/h5-11,13H,12H2,1-4H3. The largest absolute Gasteiger partial charge is 0.337 e. The maximum Gasteiger partial charge on any atom is 0.255 e. The fourth-order valence-corrected chi connectivity index (χ4v) is 4.02. The minimum atomic E-state index is -3.76. The van der Waals surface area contributed by atoms with E-state index in [0.29, 0.717) is 5.56 Å². The van der Waals surface area contributed by atoms with Crippen molar-refractivity contribution in [3.63, 3.8) is 0 Å². The van der Waals surface area contributed by atoms with Crippen molar-refractivity contribution in [3.05, 3.63) is 64.4 Å². The summed E-state index contributed by atoms with van der Waals surface area (Å²) in [6.45, 7) is 3.54. The number of hydrogen-bond acceptors (Lipinski definition) is 3. The van der Waals surface area contributed by atoms with Gasteiger partial charge in [0.1, 0.15) is 5.82 Å². The summed E-state index contributed by atoms with van der Waals surface area (Å²) in [7, 11) is -0.779. The average molecular weight is 413 g/mol. The molecule has 0 bridgehead atoms. The predicted molar refractivity (Wildman–Crippen MR) is 104 cm³/mol. The predicted octanol–water partition coefficient (Wildman–Crippen LogP) is 3.78. The topological polar surface area (TPSA) is 57.7 Å². The zero-order chi connectivity index (χ0) is 20.4. The van der Waals surface area contributed by atoms with E-state index in [1.807, 2.05) is 0 Å². The lowest BCUT2D eigenvalue weighted by Gasteiger charge is -2.22. The van der Waals surface area contributed by atoms with Crippen LogP contribution in [0.2, 0.25) is 5.02 Å². The van der Waals surface area contributed by atoms with Gasteiger partial charge in [0.2, 0.25) is 10.0 Å². The molecule has 0 saturated heterocycles. The van der Waals surface area contributed by atoms with E-state index >= 15 is 0 Å². The van der Waals surface area contributed by atoms with Crippen LogP contribution in [-0.4, -0.2) is 43.7 Å². The zero-order valence-corrected chi connectivity index (χ0v) is 17.2. The summed E-state index contributed by atoms with van der Waals surface area (Å²) in [6, 6.07) is 9.91. The Bertz CT molecular complexity index is 948. The maximum absolute atomic E-state index is 13.8. The molecule has 27 heavy (non-hydrogen) atoms. The molecule has 5 nitrogen and oxygen atoms in total. The van der Waals surface area contributed by atoms with Gasteiger partial charge >= 0.3 is 0 Å². The molecule has 0 aliphatic carbocycles. The summed E-state index contributed by atoms with van der Waals surface area (Å²) in [4.78, 5) is 14.0. The number of hydrogen-bond donors (Lipinski definition) is 0. The van der Waals surface area contributed by atoms with Crippen molar-refractivity contribution >= 4 is 27.5 Å². The average Bonchev–Trinajstić information content (AvgIpc) is 2.62. The number of carbonyl (C=O) groups excluding carboxylic acids is 1. The first-order valence-corrected chi connectivity index (χ1v) is 10.1. The Balaban J connectivity index is 2.35. The van der Waals surface area contributed by atoms with Crippen LogP contribution < -0.4 is 0 Å². The number of benzene rings is 2. The molecule has 2 rings (SSSR count). The van der Waals surface area contributed by atoms with Crippen molar-refractivity contribution in [1.82, 2.24) is 9.21 Å². The highest BCUT2D eigenvalue weighted by Crippen LogP contribution is 2.25. The van der Waals surface area contributed by atoms with Crippen molar-refractivity contribution in [2.45, 2.75) is 31.3 Å². The third kappa shape index (κ3) is 4.66. The van der Waals surface area contributed by atoms with Gasteiger partial charge in [0.05, 0.1) is 15.5 Å². The second-order valence-electron chi connectivity index (χ2n) is 6.51. The molecule has 0 radical (unpaired) electrons. The molecule has 2 aromatic rings. The van der Waals surface area contributed by atoms with E-state index in [1.165, 1.54) is 47.6 Å². The molecule has 0 N–H and O–H groups in total. The highest BCUT2D eigenvalue weighted by Gasteiger charge is 2.26. The van der Waals surface area contributed by atoms with Crippen molar-refractivity contribution < 1.29 is 17.6 Å². The Morgan fingerprint density at radius 3 is 2.37 bits per heavy atom. The first-order valence-electron chi connectivity index (χ1n) is 8.32. The van der Waals surface area contributed by atoms with Crippen LogP contribution in [0.5, 0.6) is 0 Å². The summed E-state index contributed by atoms with van der Waals surface area (Å²) < 4.78 is 40.4. The third-order valence-electron chi connectivity index (χ3n) is 4.28. The Hall–Kier alpha value is -1.96. The lowest BCUT2D eigenvalue weighted by Crippen LogP contribution is -2.33. The van der Waals surface area contributed by atoms with Gasteiger partial charge in [-0.3, -0.25) is 4.79 Å². The van der Waals surface area contributed by atoms with Crippen molar-refractivity contribution in [2.24, 2.45) is 0 Å². The van der Waals surface area contributed by atoms with E-state index in [-0.39, 0.29) is 28.1 Å². The van der Waals surface area contributed by atoms with E-state index in [4.69, 9.17) is 11.6 Å². The lowest BCUT2D eigenvalue weighted by atomic mass is 10.1. The van der Waals surface area contributed by atoms with E-state index in [1.54, 1.807) is 32.0 Å². The van der Waals surface area contributed by atoms with Gasteiger partial charge in [0, 0.05) is 32.2 Å². The molecule has 8 heteroatoms. The van der Waals surface area contributed by atoms with Gasteiger partial charge in [-0.25, -0.2) is 12.8 Å². The Morgan fingerprint density at radius 2 is 1.78 bits per heavy atom. The number of halogens is 2. The van der Waals surface area contributed by atoms with Crippen LogP contribution in [0.4, 0.5) is 4.39 Å². The van der Waals surface area contributed by atoms with Crippen molar-refractivity contribution in [1.29, 1.82) is 0 Å². The number of amides is 1. The van der Waals surface area contributed by atoms with Crippen LogP contribution in [0, 0.1) is 5.82 Å². The first kappa shape index (κ1) is 21.3. The molecule has 0 saturated carbocycles. The summed E-state index contributed by atoms with van der Waals surface area (Å²) >= 11 is 6.13. The number of carbonyl (C=O) groups is 1. The summed E-state index contributed by atoms with van der Waals surface area (Å²) in [5.74, 6) is -0.911. The number of rotatable bonds is 6. The Morgan fingerprint density at radius 1 is 1.15 bits per heavy atom. The summed E-state index contributed by atoms with van der Waals surface area (Å²) in [6.07, 6.45) is 0. The van der Waals surface area contributed by atoms with Gasteiger partial charge < -0.3 is 4.90 Å². The monoisotopic (exact) mass is 412 g/mol. The Labute approximate surface area is 164 Å². The van der Waals surface area contributed by atoms with Crippen molar-refractivity contribution in [2.75, 3.05) is 14.1 Å². The van der Waals surface area contributed by atoms with Crippen molar-refractivity contribution in [3.8, 4) is 0 Å². The number of sulfonamides is 1. The van der Waals surface area contributed by atoms with Gasteiger partial charge in [-0.2, -0.15) is 4.31 Å². The highest BCUT2D eigenvalue weighted by atomic mass is 35.5. The molecule has 0 aliphatic heterocycles. The van der Waals surface area contributed by atoms with E-state index in [2.05, 4.69) is 0 Å². The number of nitrogens with zero attached hydrogens (tertiary/aromatic N) is 2. The second kappa shape index (κ2) is 8.37. The molecule has 0 spiro atoms. The minimum absolute atomic E-state index is 0.0225. The lowest BCUT2D eigenvalue weighted by molar-refractivity contribution is 0.0784. The molecule has 1 amide bonds. The fourth-order valence-electron chi connectivity index (χ4n) is 2.43. The van der Waals surface area contributed by atoms with Gasteiger partial charge in [-0.1, -0.05) is 29.8 Å². The molecule has 0 unspecified atom stereocenters. The smallest absolute Gasteiger partial charge is 0.255 e. The summed E-state index contributed by atoms with van der Waals surface area (Å²) in [5.41, 5.74) is 0.404. The first-order chi connectivity index (χ1) is 12.6. The van der Waals surface area contributed by atoms with Gasteiger partial charge in [0.15, 0.2) is 0 Å². The molecule has 0 fully saturated rings. The quantitative estimate of drug-likeness (QED) is 0.725. The normalized spacial score (nSPS) is 11.9. The highest BCUT2D eigenvalue weighted by molar-refractivity contribution is 7.89. The molecule has 0 atom stereocenters. The molecule has 146 valence electrons.